The number of hydrogen-bond acceptors (Lipinski definition) is 5. The van der Waals surface area contributed by atoms with E-state index in [1.165, 1.54) is 18.2 Å². The Balaban J connectivity index is 3.12. The third kappa shape index (κ3) is 2.91. The Bertz CT molecular complexity index is 365. The summed E-state index contributed by atoms with van der Waals surface area (Å²) in [5.74, 6) is 0.0862. The van der Waals surface area contributed by atoms with Crippen molar-refractivity contribution in [2.75, 3.05) is 5.75 Å². The summed E-state index contributed by atoms with van der Waals surface area (Å²) in [7, 11) is 0. The van der Waals surface area contributed by atoms with Gasteiger partial charge in [0.2, 0.25) is 0 Å². The van der Waals surface area contributed by atoms with Gasteiger partial charge in [0.15, 0.2) is 0 Å². The van der Waals surface area contributed by atoms with Crippen LogP contribution in [0.5, 0.6) is 0 Å². The molecule has 2 N–H and O–H groups in total. The second-order valence-corrected chi connectivity index (χ2v) is 3.73. The van der Waals surface area contributed by atoms with Gasteiger partial charge in [0.1, 0.15) is 18.7 Å². The number of carbonyl (C=O) groups is 2. The highest BCUT2D eigenvalue weighted by Crippen LogP contribution is 2.20. The molecule has 2 atom stereocenters. The van der Waals surface area contributed by atoms with Gasteiger partial charge >= 0.3 is 0 Å². The van der Waals surface area contributed by atoms with Gasteiger partial charge in [0, 0.05) is 16.9 Å². The molecule has 4 nitrogen and oxygen atoms in total. The maximum absolute atomic E-state index is 10.6. The van der Waals surface area contributed by atoms with Crippen LogP contribution in [-0.2, 0) is 0 Å². The predicted octanol–water partition coefficient (Wildman–Crippen LogP) is 0.636. The molecule has 0 aliphatic rings. The molecular weight excluding hydrogens is 228 g/mol. The van der Waals surface area contributed by atoms with Gasteiger partial charge in [-0.1, -0.05) is 0 Å². The van der Waals surface area contributed by atoms with Gasteiger partial charge in [-0.05, 0) is 23.8 Å². The number of rotatable bonds is 5. The first-order valence-electron chi connectivity index (χ1n) is 4.64. The molecule has 0 bridgehead atoms. The lowest BCUT2D eigenvalue weighted by Gasteiger charge is -2.16. The average molecular weight is 240 g/mol. The van der Waals surface area contributed by atoms with E-state index >= 15 is 0 Å². The zero-order valence-electron chi connectivity index (χ0n) is 8.41. The summed E-state index contributed by atoms with van der Waals surface area (Å²) in [6.45, 7) is 0. The maximum atomic E-state index is 10.6. The normalized spacial score (nSPS) is 14.2. The van der Waals surface area contributed by atoms with Gasteiger partial charge in [-0.25, -0.2) is 0 Å². The van der Waals surface area contributed by atoms with E-state index in [4.69, 9.17) is 0 Å². The Morgan fingerprint density at radius 2 is 1.62 bits per heavy atom. The lowest BCUT2D eigenvalue weighted by molar-refractivity contribution is 0.0337. The molecule has 0 spiro atoms. The van der Waals surface area contributed by atoms with Crippen LogP contribution >= 0.6 is 12.6 Å². The zero-order valence-corrected chi connectivity index (χ0v) is 9.30. The van der Waals surface area contributed by atoms with Crippen LogP contribution in [0.3, 0.4) is 0 Å². The quantitative estimate of drug-likeness (QED) is 0.521. The van der Waals surface area contributed by atoms with Gasteiger partial charge in [-0.15, -0.1) is 0 Å². The molecule has 0 aromatic heterocycles. The van der Waals surface area contributed by atoms with E-state index in [-0.39, 0.29) is 16.9 Å². The average Bonchev–Trinajstić information content (AvgIpc) is 2.35. The monoisotopic (exact) mass is 240 g/mol. The molecule has 1 aromatic rings. The first kappa shape index (κ1) is 12.9. The number of thiol groups is 1. The van der Waals surface area contributed by atoms with E-state index < -0.39 is 12.2 Å². The van der Waals surface area contributed by atoms with Crippen LogP contribution in [0.2, 0.25) is 0 Å². The molecule has 0 aliphatic heterocycles. The van der Waals surface area contributed by atoms with Crippen molar-refractivity contribution in [2.45, 2.75) is 12.2 Å². The molecule has 0 radical (unpaired) electrons. The molecule has 5 heteroatoms. The van der Waals surface area contributed by atoms with Gasteiger partial charge < -0.3 is 10.2 Å². The maximum Gasteiger partial charge on any atom is 0.150 e. The first-order chi connectivity index (χ1) is 7.62. The highest BCUT2D eigenvalue weighted by atomic mass is 32.1. The minimum absolute atomic E-state index is 0.0862. The fourth-order valence-corrected chi connectivity index (χ4v) is 1.53. The Morgan fingerprint density at radius 3 is 2.00 bits per heavy atom. The summed E-state index contributed by atoms with van der Waals surface area (Å²) in [6.07, 6.45) is -1.03. The van der Waals surface area contributed by atoms with Crippen molar-refractivity contribution in [3.63, 3.8) is 0 Å². The molecule has 1 aromatic carbocycles. The fourth-order valence-electron chi connectivity index (χ4n) is 1.33. The van der Waals surface area contributed by atoms with Crippen LogP contribution in [0, 0.1) is 0 Å². The highest BCUT2D eigenvalue weighted by Gasteiger charge is 2.17. The van der Waals surface area contributed by atoms with E-state index in [2.05, 4.69) is 12.6 Å². The Kier molecular flexibility index (Phi) is 4.67. The summed E-state index contributed by atoms with van der Waals surface area (Å²) in [5.41, 5.74) is 0.892. The van der Waals surface area contributed by atoms with Crippen LogP contribution in [0.4, 0.5) is 0 Å². The lowest BCUT2D eigenvalue weighted by Crippen LogP contribution is -2.20. The van der Waals surface area contributed by atoms with Crippen molar-refractivity contribution in [1.29, 1.82) is 0 Å². The standard InChI is InChI=1S/C11H12O4S/c12-4-7-1-8(5-13)3-9(2-7)11(15)10(14)6-16/h1-5,10-11,14-16H,6H2. The molecule has 0 amide bonds. The minimum atomic E-state index is -1.16. The van der Waals surface area contributed by atoms with Crippen LogP contribution < -0.4 is 0 Å². The van der Waals surface area contributed by atoms with Crippen molar-refractivity contribution in [2.24, 2.45) is 0 Å². The number of benzene rings is 1. The van der Waals surface area contributed by atoms with Crippen LogP contribution in [-0.4, -0.2) is 34.6 Å². The van der Waals surface area contributed by atoms with Gasteiger partial charge in [-0.3, -0.25) is 9.59 Å². The van der Waals surface area contributed by atoms with Crippen molar-refractivity contribution >= 4 is 25.2 Å². The van der Waals surface area contributed by atoms with Crippen molar-refractivity contribution in [3.05, 3.63) is 34.9 Å². The largest absolute Gasteiger partial charge is 0.389 e. The molecule has 16 heavy (non-hydrogen) atoms. The molecular formula is C11H12O4S. The topological polar surface area (TPSA) is 74.6 Å². The SMILES string of the molecule is O=Cc1cc(C=O)cc(C(O)C(O)CS)c1. The number of carbonyl (C=O) groups excluding carboxylic acids is 2. The molecule has 0 fully saturated rings. The first-order valence-corrected chi connectivity index (χ1v) is 5.28. The second-order valence-electron chi connectivity index (χ2n) is 3.36. The minimum Gasteiger partial charge on any atom is -0.389 e. The molecule has 0 saturated heterocycles. The summed E-state index contributed by atoms with van der Waals surface area (Å²) in [5, 5.41) is 19.1. The molecule has 0 saturated carbocycles. The summed E-state index contributed by atoms with van der Waals surface area (Å²) >= 11 is 3.85. The van der Waals surface area contributed by atoms with E-state index in [0.717, 1.165) is 0 Å². The van der Waals surface area contributed by atoms with Gasteiger partial charge in [0.05, 0.1) is 6.10 Å². The number of aldehydes is 2. The summed E-state index contributed by atoms with van der Waals surface area (Å²) in [6, 6.07) is 4.26. The molecule has 1 rings (SSSR count). The smallest absolute Gasteiger partial charge is 0.150 e. The van der Waals surface area contributed by atoms with E-state index in [1.807, 2.05) is 0 Å². The number of hydrogen-bond donors (Lipinski definition) is 3. The second kappa shape index (κ2) is 5.79. The van der Waals surface area contributed by atoms with Crippen molar-refractivity contribution in [3.8, 4) is 0 Å². The molecule has 0 aliphatic carbocycles. The third-order valence-electron chi connectivity index (χ3n) is 2.17. The van der Waals surface area contributed by atoms with Crippen molar-refractivity contribution in [1.82, 2.24) is 0 Å². The van der Waals surface area contributed by atoms with Crippen LogP contribution in [0.25, 0.3) is 0 Å². The highest BCUT2D eigenvalue weighted by molar-refractivity contribution is 7.80. The molecule has 86 valence electrons. The summed E-state index contributed by atoms with van der Waals surface area (Å²) < 4.78 is 0. The lowest BCUT2D eigenvalue weighted by atomic mass is 10.0. The van der Waals surface area contributed by atoms with Crippen molar-refractivity contribution < 1.29 is 19.8 Å². The van der Waals surface area contributed by atoms with E-state index in [9.17, 15) is 19.8 Å². The van der Waals surface area contributed by atoms with Crippen LogP contribution in [0.1, 0.15) is 32.4 Å². The molecule has 2 unspecified atom stereocenters. The number of aliphatic hydroxyl groups is 2. The fraction of sp³-hybridized carbons (Fsp3) is 0.273. The zero-order chi connectivity index (χ0) is 12.1. The predicted molar refractivity (Wildman–Crippen MR) is 62.0 cm³/mol. The molecule has 0 heterocycles. The number of aliphatic hydroxyl groups excluding tert-OH is 2. The van der Waals surface area contributed by atoms with Crippen LogP contribution in [0.15, 0.2) is 18.2 Å². The van der Waals surface area contributed by atoms with E-state index in [1.54, 1.807) is 0 Å². The Hall–Kier alpha value is -1.17. The Labute approximate surface area is 98.3 Å². The van der Waals surface area contributed by atoms with Gasteiger partial charge in [0.25, 0.3) is 0 Å². The Morgan fingerprint density at radius 1 is 1.12 bits per heavy atom. The third-order valence-corrected chi connectivity index (χ3v) is 2.54. The summed E-state index contributed by atoms with van der Waals surface area (Å²) in [4.78, 5) is 21.2. The van der Waals surface area contributed by atoms with Gasteiger partial charge in [-0.2, -0.15) is 12.6 Å². The van der Waals surface area contributed by atoms with E-state index in [0.29, 0.717) is 18.1 Å².